The van der Waals surface area contributed by atoms with Gasteiger partial charge < -0.3 is 15.5 Å². The van der Waals surface area contributed by atoms with Crippen LogP contribution in [0.4, 0.5) is 0 Å². The van der Waals surface area contributed by atoms with E-state index in [4.69, 9.17) is 5.73 Å². The maximum Gasteiger partial charge on any atom is 0.00509 e. The quantitative estimate of drug-likeness (QED) is 0.737. The van der Waals surface area contributed by atoms with E-state index < -0.39 is 0 Å². The average Bonchev–Trinajstić information content (AvgIpc) is 2.30. The summed E-state index contributed by atoms with van der Waals surface area (Å²) in [5.41, 5.74) is 6.05. The molecule has 1 fully saturated rings. The zero-order chi connectivity index (χ0) is 12.7. The Morgan fingerprint density at radius 3 is 2.53 bits per heavy atom. The summed E-state index contributed by atoms with van der Waals surface area (Å²) in [6, 6.07) is 0.403. The van der Waals surface area contributed by atoms with Crippen molar-refractivity contribution < 1.29 is 0 Å². The Bertz CT molecular complexity index is 188. The minimum Gasteiger partial charge on any atom is -0.328 e. The fourth-order valence-electron chi connectivity index (χ4n) is 2.68. The monoisotopic (exact) mass is 241 g/mol. The molecular formula is C14H31N3. The highest BCUT2D eigenvalue weighted by Crippen LogP contribution is 2.16. The molecule has 0 aromatic carbocycles. The van der Waals surface area contributed by atoms with Gasteiger partial charge in [0.25, 0.3) is 0 Å². The highest BCUT2D eigenvalue weighted by molar-refractivity contribution is 4.73. The second-order valence-electron chi connectivity index (χ2n) is 5.85. The molecule has 1 saturated heterocycles. The first-order valence-electron chi connectivity index (χ1n) is 7.24. The Kier molecular flexibility index (Phi) is 7.09. The molecule has 1 aliphatic heterocycles. The smallest absolute Gasteiger partial charge is 0.00509 e. The van der Waals surface area contributed by atoms with Gasteiger partial charge in [-0.25, -0.2) is 0 Å². The lowest BCUT2D eigenvalue weighted by Gasteiger charge is -2.32. The molecule has 3 nitrogen and oxygen atoms in total. The zero-order valence-electron chi connectivity index (χ0n) is 12.0. The van der Waals surface area contributed by atoms with E-state index in [2.05, 4.69) is 30.8 Å². The van der Waals surface area contributed by atoms with Crippen molar-refractivity contribution in [2.24, 2.45) is 11.7 Å². The second-order valence-corrected chi connectivity index (χ2v) is 5.85. The van der Waals surface area contributed by atoms with Gasteiger partial charge in [-0.3, -0.25) is 0 Å². The maximum atomic E-state index is 6.05. The molecule has 0 saturated carbocycles. The van der Waals surface area contributed by atoms with E-state index in [1.165, 1.54) is 45.3 Å². The topological polar surface area (TPSA) is 32.5 Å². The summed E-state index contributed by atoms with van der Waals surface area (Å²) in [5.74, 6) is 0.901. The third-order valence-electron chi connectivity index (χ3n) is 3.95. The summed E-state index contributed by atoms with van der Waals surface area (Å²) >= 11 is 0. The molecule has 17 heavy (non-hydrogen) atoms. The molecular weight excluding hydrogens is 210 g/mol. The van der Waals surface area contributed by atoms with Gasteiger partial charge in [0, 0.05) is 12.6 Å². The molecule has 1 atom stereocenters. The molecule has 0 bridgehead atoms. The Balaban J connectivity index is 2.10. The summed E-state index contributed by atoms with van der Waals surface area (Å²) in [4.78, 5) is 4.92. The van der Waals surface area contributed by atoms with Crippen LogP contribution >= 0.6 is 0 Å². The van der Waals surface area contributed by atoms with Crippen LogP contribution < -0.4 is 5.73 Å². The van der Waals surface area contributed by atoms with Crippen molar-refractivity contribution in [2.75, 3.05) is 40.3 Å². The molecule has 2 N–H and O–H groups in total. The first-order chi connectivity index (χ1) is 8.11. The van der Waals surface area contributed by atoms with Crippen molar-refractivity contribution in [2.45, 2.75) is 45.1 Å². The molecule has 1 rings (SSSR count). The summed E-state index contributed by atoms with van der Waals surface area (Å²) in [6.45, 7) is 7.17. The first-order valence-corrected chi connectivity index (χ1v) is 7.24. The van der Waals surface area contributed by atoms with E-state index >= 15 is 0 Å². The molecule has 3 heteroatoms. The number of nitrogens with two attached hydrogens (primary N) is 1. The van der Waals surface area contributed by atoms with E-state index in [-0.39, 0.29) is 0 Å². The lowest BCUT2D eigenvalue weighted by molar-refractivity contribution is 0.174. The number of nitrogens with zero attached hydrogens (tertiary/aromatic N) is 2. The van der Waals surface area contributed by atoms with E-state index in [1.807, 2.05) is 0 Å². The Hall–Kier alpha value is -0.120. The summed E-state index contributed by atoms with van der Waals surface area (Å²) in [6.07, 6.45) is 6.25. The molecule has 0 aromatic heterocycles. The van der Waals surface area contributed by atoms with Crippen molar-refractivity contribution in [3.8, 4) is 0 Å². The molecule has 0 aliphatic carbocycles. The van der Waals surface area contributed by atoms with Gasteiger partial charge in [0.2, 0.25) is 0 Å². The predicted molar refractivity (Wildman–Crippen MR) is 75.2 cm³/mol. The van der Waals surface area contributed by atoms with Crippen LogP contribution in [0.25, 0.3) is 0 Å². The van der Waals surface area contributed by atoms with Gasteiger partial charge >= 0.3 is 0 Å². The highest BCUT2D eigenvalue weighted by Gasteiger charge is 2.18. The molecule has 0 aromatic rings. The van der Waals surface area contributed by atoms with Crippen molar-refractivity contribution >= 4 is 0 Å². The number of rotatable bonds is 7. The third-order valence-corrected chi connectivity index (χ3v) is 3.95. The number of piperidine rings is 1. The van der Waals surface area contributed by atoms with Crippen LogP contribution in [0.5, 0.6) is 0 Å². The molecule has 0 radical (unpaired) electrons. The van der Waals surface area contributed by atoms with Crippen LogP contribution in [0, 0.1) is 5.92 Å². The molecule has 1 unspecified atom stereocenters. The molecule has 1 aliphatic rings. The molecule has 1 heterocycles. The van der Waals surface area contributed by atoms with Crippen molar-refractivity contribution in [1.82, 2.24) is 9.80 Å². The molecule has 102 valence electrons. The minimum absolute atomic E-state index is 0.403. The zero-order valence-corrected chi connectivity index (χ0v) is 12.0. The van der Waals surface area contributed by atoms with E-state index in [0.717, 1.165) is 18.9 Å². The van der Waals surface area contributed by atoms with Crippen LogP contribution in [0.3, 0.4) is 0 Å². The van der Waals surface area contributed by atoms with Gasteiger partial charge in [-0.05, 0) is 65.3 Å². The van der Waals surface area contributed by atoms with E-state index in [1.54, 1.807) is 0 Å². The molecule has 0 amide bonds. The van der Waals surface area contributed by atoms with Gasteiger partial charge in [-0.2, -0.15) is 0 Å². The third kappa shape index (κ3) is 6.39. The summed E-state index contributed by atoms with van der Waals surface area (Å²) < 4.78 is 0. The summed E-state index contributed by atoms with van der Waals surface area (Å²) in [5, 5.41) is 0. The standard InChI is InChI=1S/C14H31N3/c1-4-5-14(15)8-11-17(3)12-13-6-9-16(2)10-7-13/h13-14H,4-12,15H2,1-3H3. The minimum atomic E-state index is 0.403. The van der Waals surface area contributed by atoms with Crippen molar-refractivity contribution in [3.63, 3.8) is 0 Å². The normalized spacial score (nSPS) is 21.0. The summed E-state index contributed by atoms with van der Waals surface area (Å²) in [7, 11) is 4.47. The fourth-order valence-corrected chi connectivity index (χ4v) is 2.68. The second kappa shape index (κ2) is 8.06. The Labute approximate surface area is 107 Å². The van der Waals surface area contributed by atoms with Gasteiger partial charge in [0.1, 0.15) is 0 Å². The van der Waals surface area contributed by atoms with Crippen molar-refractivity contribution in [1.29, 1.82) is 0 Å². The van der Waals surface area contributed by atoms with Crippen LogP contribution in [0.2, 0.25) is 0 Å². The van der Waals surface area contributed by atoms with Crippen LogP contribution in [0.1, 0.15) is 39.0 Å². The predicted octanol–water partition coefficient (Wildman–Crippen LogP) is 1.78. The van der Waals surface area contributed by atoms with Gasteiger partial charge in [0.05, 0.1) is 0 Å². The maximum absolute atomic E-state index is 6.05. The lowest BCUT2D eigenvalue weighted by Crippen LogP contribution is -2.37. The molecule has 0 spiro atoms. The van der Waals surface area contributed by atoms with E-state index in [0.29, 0.717) is 6.04 Å². The largest absolute Gasteiger partial charge is 0.328 e. The number of hydrogen-bond acceptors (Lipinski definition) is 3. The lowest BCUT2D eigenvalue weighted by atomic mass is 9.96. The van der Waals surface area contributed by atoms with Crippen LogP contribution in [-0.4, -0.2) is 56.1 Å². The first kappa shape index (κ1) is 14.9. The fraction of sp³-hybridized carbons (Fsp3) is 1.00. The van der Waals surface area contributed by atoms with Gasteiger partial charge in [-0.15, -0.1) is 0 Å². The van der Waals surface area contributed by atoms with E-state index in [9.17, 15) is 0 Å². The van der Waals surface area contributed by atoms with Gasteiger partial charge in [0.15, 0.2) is 0 Å². The van der Waals surface area contributed by atoms with Crippen LogP contribution in [0.15, 0.2) is 0 Å². The number of hydrogen-bond donors (Lipinski definition) is 1. The van der Waals surface area contributed by atoms with Crippen LogP contribution in [-0.2, 0) is 0 Å². The average molecular weight is 241 g/mol. The highest BCUT2D eigenvalue weighted by atomic mass is 15.1. The number of likely N-dealkylation sites (tertiary alicyclic amines) is 1. The van der Waals surface area contributed by atoms with Crippen molar-refractivity contribution in [3.05, 3.63) is 0 Å². The van der Waals surface area contributed by atoms with Gasteiger partial charge in [-0.1, -0.05) is 13.3 Å². The SMILES string of the molecule is CCCC(N)CCN(C)CC1CCN(C)CC1. The Morgan fingerprint density at radius 1 is 1.29 bits per heavy atom. The Morgan fingerprint density at radius 2 is 1.94 bits per heavy atom.